The van der Waals surface area contributed by atoms with Crippen molar-refractivity contribution in [3.63, 3.8) is 0 Å². The molecule has 0 spiro atoms. The minimum Gasteiger partial charge on any atom is -0.380 e. The first-order valence-corrected chi connectivity index (χ1v) is 14.0. The van der Waals surface area contributed by atoms with Crippen molar-refractivity contribution in [1.82, 2.24) is 5.32 Å². The average molecular weight is 466 g/mol. The molecule has 174 valence electrons. The third-order valence-corrected chi connectivity index (χ3v) is 7.08. The number of hydrogen-bond acceptors (Lipinski definition) is 3. The second-order valence-electron chi connectivity index (χ2n) is 8.81. The molecule has 0 unspecified atom stereocenters. The summed E-state index contributed by atoms with van der Waals surface area (Å²) >= 11 is 0. The monoisotopic (exact) mass is 465 g/mol. The highest BCUT2D eigenvalue weighted by Crippen LogP contribution is 2.19. The van der Waals surface area contributed by atoms with Crippen LogP contribution in [0, 0.1) is 5.82 Å². The second-order valence-corrected chi connectivity index (χ2v) is 13.9. The second kappa shape index (κ2) is 11.4. The number of ether oxygens (including phenoxy) is 1. The fourth-order valence-electron chi connectivity index (χ4n) is 3.38. The van der Waals surface area contributed by atoms with Crippen molar-refractivity contribution in [3.8, 4) is 0 Å². The van der Waals surface area contributed by atoms with E-state index in [-0.39, 0.29) is 24.4 Å². The predicted molar refractivity (Wildman–Crippen MR) is 121 cm³/mol. The third kappa shape index (κ3) is 7.60. The van der Waals surface area contributed by atoms with Crippen LogP contribution in [0.15, 0.2) is 42.5 Å². The molecule has 8 heteroatoms. The lowest BCUT2D eigenvalue weighted by molar-refractivity contribution is -0.128. The van der Waals surface area contributed by atoms with Gasteiger partial charge in [-0.05, 0) is 27.9 Å². The molecule has 4 nitrogen and oxygen atoms in total. The van der Waals surface area contributed by atoms with E-state index in [1.54, 1.807) is 43.5 Å². The van der Waals surface area contributed by atoms with E-state index < -0.39 is 32.9 Å². The number of nitrogens with one attached hydrogen (secondary N) is 1. The summed E-state index contributed by atoms with van der Waals surface area (Å²) in [5.74, 6) is -1.32. The van der Waals surface area contributed by atoms with E-state index in [1.165, 1.54) is 6.07 Å². The van der Waals surface area contributed by atoms with Crippen LogP contribution in [0.4, 0.5) is 13.2 Å². The van der Waals surface area contributed by atoms with E-state index in [1.807, 2.05) is 19.6 Å². The highest BCUT2D eigenvalue weighted by Gasteiger charge is 2.25. The highest BCUT2D eigenvalue weighted by atomic mass is 28.3. The molecule has 0 saturated heterocycles. The molecule has 0 radical (unpaired) electrons. The zero-order valence-electron chi connectivity index (χ0n) is 18.9. The molecular weight excluding hydrogens is 435 g/mol. The summed E-state index contributed by atoms with van der Waals surface area (Å²) in [6, 6.07) is 10.7. The number of carbonyl (C=O) groups is 2. The molecule has 1 amide bonds. The molecule has 1 atom stereocenters. The third-order valence-electron chi connectivity index (χ3n) is 5.06. The Kier molecular flexibility index (Phi) is 9.21. The summed E-state index contributed by atoms with van der Waals surface area (Å²) in [6.45, 7) is 6.50. The van der Waals surface area contributed by atoms with Gasteiger partial charge in [0.25, 0.3) is 0 Å². The Morgan fingerprint density at radius 2 is 1.66 bits per heavy atom. The van der Waals surface area contributed by atoms with E-state index in [2.05, 4.69) is 5.32 Å². The molecule has 0 aromatic heterocycles. The Balaban J connectivity index is 2.24. The topological polar surface area (TPSA) is 55.4 Å². The molecule has 0 saturated carbocycles. The van der Waals surface area contributed by atoms with Gasteiger partial charge in [0, 0.05) is 26.4 Å². The van der Waals surface area contributed by atoms with Gasteiger partial charge in [0.1, 0.15) is 11.9 Å². The van der Waals surface area contributed by atoms with Crippen LogP contribution in [0.1, 0.15) is 35.6 Å². The highest BCUT2D eigenvalue weighted by molar-refractivity contribution is 6.88. The number of methoxy groups -OCH3 is 1. The van der Waals surface area contributed by atoms with Gasteiger partial charge in [-0.2, -0.15) is 0 Å². The van der Waals surface area contributed by atoms with Crippen LogP contribution in [-0.2, 0) is 27.4 Å². The maximum absolute atomic E-state index is 14.6. The first-order valence-electron chi connectivity index (χ1n) is 10.5. The number of amides is 1. The lowest BCUT2D eigenvalue weighted by atomic mass is 9.96. The van der Waals surface area contributed by atoms with Gasteiger partial charge >= 0.3 is 0 Å². The first kappa shape index (κ1) is 25.8. The zero-order valence-corrected chi connectivity index (χ0v) is 19.9. The molecule has 2 rings (SSSR count). The van der Waals surface area contributed by atoms with Crippen LogP contribution in [0.2, 0.25) is 19.6 Å². The normalized spacial score (nSPS) is 12.6. The van der Waals surface area contributed by atoms with Crippen molar-refractivity contribution in [2.75, 3.05) is 7.11 Å². The van der Waals surface area contributed by atoms with E-state index in [0.29, 0.717) is 22.9 Å². The zero-order chi connectivity index (χ0) is 23.9. The van der Waals surface area contributed by atoms with Gasteiger partial charge in [-0.15, -0.1) is 0 Å². The molecule has 0 bridgehead atoms. The van der Waals surface area contributed by atoms with Crippen molar-refractivity contribution in [3.05, 3.63) is 65.0 Å². The van der Waals surface area contributed by atoms with Crippen molar-refractivity contribution in [1.29, 1.82) is 0 Å². The molecule has 0 fully saturated rings. The molecule has 0 aliphatic carbocycles. The average Bonchev–Trinajstić information content (AvgIpc) is 2.70. The van der Waals surface area contributed by atoms with Gasteiger partial charge in [-0.1, -0.05) is 56.0 Å². The molecule has 0 heterocycles. The van der Waals surface area contributed by atoms with Crippen LogP contribution in [0.25, 0.3) is 0 Å². The first-order chi connectivity index (χ1) is 15.0. The summed E-state index contributed by atoms with van der Waals surface area (Å²) in [7, 11) is -0.291. The quantitative estimate of drug-likeness (QED) is 0.496. The smallest absolute Gasteiger partial charge is 0.239 e. The molecule has 2 aromatic rings. The lowest BCUT2D eigenvalue weighted by Crippen LogP contribution is -2.40. The van der Waals surface area contributed by atoms with Gasteiger partial charge in [-0.3, -0.25) is 9.59 Å². The predicted octanol–water partition coefficient (Wildman–Crippen LogP) is 4.53. The largest absolute Gasteiger partial charge is 0.380 e. The maximum Gasteiger partial charge on any atom is 0.239 e. The number of benzene rings is 2. The molecular formula is C24H30F3NO3Si. The number of alkyl halides is 2. The number of rotatable bonds is 11. The lowest BCUT2D eigenvalue weighted by Gasteiger charge is -2.20. The summed E-state index contributed by atoms with van der Waals surface area (Å²) in [4.78, 5) is 25.3. The Labute approximate surface area is 188 Å². The number of ketones is 1. The fraction of sp³-hybridized carbons (Fsp3) is 0.417. The standard InChI is InChI=1S/C24H30F3NO3Si/c1-31-15-16-5-8-18(9-6-16)24(28-23(30)12-11-22(26)27)20(29)14-17-7-10-21(19(25)13-17)32(2,3)4/h5-10,13,22,24H,11-12,14-15H2,1-4H3,(H,28,30)/t24-/m1/s1. The van der Waals surface area contributed by atoms with E-state index >= 15 is 0 Å². The molecule has 1 N–H and O–H groups in total. The number of Topliss-reactive ketones (excluding diaryl/α,β-unsaturated/α-hetero) is 1. The SMILES string of the molecule is COCc1ccc([C@@H](NC(=O)CCC(F)F)C(=O)Cc2ccc([Si](C)(C)C)c(F)c2)cc1. The Hall–Kier alpha value is -2.45. The summed E-state index contributed by atoms with van der Waals surface area (Å²) in [6.07, 6.45) is -3.66. The van der Waals surface area contributed by atoms with Crippen LogP contribution >= 0.6 is 0 Å². The van der Waals surface area contributed by atoms with E-state index in [0.717, 1.165) is 5.56 Å². The molecule has 0 aliphatic heterocycles. The fourth-order valence-corrected chi connectivity index (χ4v) is 4.75. The Bertz CT molecular complexity index is 927. The number of carbonyl (C=O) groups excluding carboxylic acids is 2. The van der Waals surface area contributed by atoms with Crippen LogP contribution in [0.3, 0.4) is 0 Å². The van der Waals surface area contributed by atoms with E-state index in [9.17, 15) is 22.8 Å². The number of hydrogen-bond donors (Lipinski definition) is 1. The van der Waals surface area contributed by atoms with Gasteiger partial charge < -0.3 is 10.1 Å². The van der Waals surface area contributed by atoms with Gasteiger partial charge in [-0.25, -0.2) is 13.2 Å². The van der Waals surface area contributed by atoms with Gasteiger partial charge in [0.05, 0.1) is 14.7 Å². The summed E-state index contributed by atoms with van der Waals surface area (Å²) in [5.41, 5.74) is 1.91. The summed E-state index contributed by atoms with van der Waals surface area (Å²) in [5, 5.41) is 3.25. The maximum atomic E-state index is 14.6. The molecule has 0 aliphatic rings. The summed E-state index contributed by atoms with van der Waals surface area (Å²) < 4.78 is 44.6. The Morgan fingerprint density at radius 1 is 1.03 bits per heavy atom. The number of halogens is 3. The minimum atomic E-state index is -2.60. The molecule has 2 aromatic carbocycles. The van der Waals surface area contributed by atoms with E-state index in [4.69, 9.17) is 4.74 Å². The Morgan fingerprint density at radius 3 is 2.19 bits per heavy atom. The van der Waals surface area contributed by atoms with Crippen molar-refractivity contribution in [2.45, 2.75) is 58.0 Å². The van der Waals surface area contributed by atoms with Gasteiger partial charge in [0.15, 0.2) is 5.78 Å². The van der Waals surface area contributed by atoms with Crippen LogP contribution in [0.5, 0.6) is 0 Å². The van der Waals surface area contributed by atoms with Crippen molar-refractivity contribution < 1.29 is 27.5 Å². The van der Waals surface area contributed by atoms with Crippen molar-refractivity contribution in [2.24, 2.45) is 0 Å². The van der Waals surface area contributed by atoms with Crippen molar-refractivity contribution >= 4 is 25.0 Å². The van der Waals surface area contributed by atoms with Crippen LogP contribution in [-0.4, -0.2) is 33.3 Å². The minimum absolute atomic E-state index is 0.0947. The molecule has 32 heavy (non-hydrogen) atoms. The van der Waals surface area contributed by atoms with Gasteiger partial charge in [0.2, 0.25) is 12.3 Å². The van der Waals surface area contributed by atoms with Crippen LogP contribution < -0.4 is 10.5 Å².